The van der Waals surface area contributed by atoms with Gasteiger partial charge in [0.05, 0.1) is 7.11 Å². The molecule has 1 fully saturated rings. The standard InChI is InChI=1S/C13H18BrNO/c1-9-5-12(14)11(7-13(9)16-2)6-10-3-4-15-8-10/h5,7,10,15H,3-4,6,8H2,1-2H3. The van der Waals surface area contributed by atoms with Gasteiger partial charge in [0.15, 0.2) is 0 Å². The highest BCUT2D eigenvalue weighted by Gasteiger charge is 2.17. The van der Waals surface area contributed by atoms with Crippen LogP contribution in [-0.4, -0.2) is 20.2 Å². The van der Waals surface area contributed by atoms with Crippen molar-refractivity contribution in [3.63, 3.8) is 0 Å². The second kappa shape index (κ2) is 5.19. The number of halogens is 1. The van der Waals surface area contributed by atoms with Crippen LogP contribution < -0.4 is 10.1 Å². The molecule has 1 unspecified atom stereocenters. The van der Waals surface area contributed by atoms with E-state index in [4.69, 9.17) is 4.74 Å². The number of benzene rings is 1. The van der Waals surface area contributed by atoms with Gasteiger partial charge in [-0.15, -0.1) is 0 Å². The zero-order chi connectivity index (χ0) is 11.5. The van der Waals surface area contributed by atoms with Crippen molar-refractivity contribution in [2.24, 2.45) is 5.92 Å². The number of nitrogens with one attached hydrogen (secondary N) is 1. The molecule has 0 amide bonds. The van der Waals surface area contributed by atoms with Gasteiger partial charge < -0.3 is 10.1 Å². The fourth-order valence-electron chi connectivity index (χ4n) is 2.27. The van der Waals surface area contributed by atoms with Gasteiger partial charge in [0.2, 0.25) is 0 Å². The van der Waals surface area contributed by atoms with Gasteiger partial charge in [0, 0.05) is 4.47 Å². The summed E-state index contributed by atoms with van der Waals surface area (Å²) in [5.74, 6) is 1.76. The highest BCUT2D eigenvalue weighted by atomic mass is 79.9. The molecule has 0 bridgehead atoms. The SMILES string of the molecule is COc1cc(CC2CCNC2)c(Br)cc1C. The number of hydrogen-bond donors (Lipinski definition) is 1. The number of rotatable bonds is 3. The number of hydrogen-bond acceptors (Lipinski definition) is 2. The fourth-order valence-corrected chi connectivity index (χ4v) is 2.89. The van der Waals surface area contributed by atoms with Gasteiger partial charge in [-0.3, -0.25) is 0 Å². The van der Waals surface area contributed by atoms with Crippen molar-refractivity contribution in [1.29, 1.82) is 0 Å². The summed E-state index contributed by atoms with van der Waals surface area (Å²) in [6, 6.07) is 4.31. The monoisotopic (exact) mass is 283 g/mol. The van der Waals surface area contributed by atoms with Gasteiger partial charge in [-0.1, -0.05) is 15.9 Å². The molecular formula is C13H18BrNO. The predicted octanol–water partition coefficient (Wildman–Crippen LogP) is 2.92. The third kappa shape index (κ3) is 2.58. The maximum absolute atomic E-state index is 5.37. The molecule has 1 aliphatic heterocycles. The number of methoxy groups -OCH3 is 1. The normalized spacial score (nSPS) is 20.1. The van der Waals surface area contributed by atoms with E-state index in [1.54, 1.807) is 7.11 Å². The van der Waals surface area contributed by atoms with E-state index in [1.807, 2.05) is 0 Å². The molecule has 1 aliphatic rings. The van der Waals surface area contributed by atoms with Crippen molar-refractivity contribution in [3.05, 3.63) is 27.7 Å². The Morgan fingerprint density at radius 2 is 2.31 bits per heavy atom. The van der Waals surface area contributed by atoms with Crippen LogP contribution >= 0.6 is 15.9 Å². The van der Waals surface area contributed by atoms with Gasteiger partial charge >= 0.3 is 0 Å². The highest BCUT2D eigenvalue weighted by molar-refractivity contribution is 9.10. The Morgan fingerprint density at radius 1 is 1.50 bits per heavy atom. The van der Waals surface area contributed by atoms with Crippen LogP contribution in [0.5, 0.6) is 5.75 Å². The van der Waals surface area contributed by atoms with E-state index in [0.717, 1.165) is 31.2 Å². The van der Waals surface area contributed by atoms with Crippen molar-refractivity contribution >= 4 is 15.9 Å². The molecule has 2 nitrogen and oxygen atoms in total. The molecule has 3 heteroatoms. The Bertz CT molecular complexity index is 372. The van der Waals surface area contributed by atoms with Crippen molar-refractivity contribution in [3.8, 4) is 5.75 Å². The summed E-state index contributed by atoms with van der Waals surface area (Å²) < 4.78 is 6.57. The van der Waals surface area contributed by atoms with Crippen LogP contribution in [0.25, 0.3) is 0 Å². The van der Waals surface area contributed by atoms with E-state index in [2.05, 4.69) is 40.3 Å². The Labute approximate surface area is 106 Å². The van der Waals surface area contributed by atoms with E-state index >= 15 is 0 Å². The van der Waals surface area contributed by atoms with Crippen LogP contribution in [0.3, 0.4) is 0 Å². The maximum Gasteiger partial charge on any atom is 0.122 e. The van der Waals surface area contributed by atoms with Crippen LogP contribution in [0.4, 0.5) is 0 Å². The molecule has 1 saturated heterocycles. The van der Waals surface area contributed by atoms with Gasteiger partial charge in [-0.25, -0.2) is 0 Å². The minimum absolute atomic E-state index is 0.767. The first kappa shape index (κ1) is 11.9. The average molecular weight is 284 g/mol. The lowest BCUT2D eigenvalue weighted by atomic mass is 9.97. The highest BCUT2D eigenvalue weighted by Crippen LogP contribution is 2.29. The minimum Gasteiger partial charge on any atom is -0.496 e. The predicted molar refractivity (Wildman–Crippen MR) is 70.1 cm³/mol. The molecule has 0 saturated carbocycles. The molecule has 88 valence electrons. The molecule has 1 N–H and O–H groups in total. The van der Waals surface area contributed by atoms with Crippen molar-refractivity contribution in [2.45, 2.75) is 19.8 Å². The molecule has 0 aromatic heterocycles. The maximum atomic E-state index is 5.37. The first-order valence-corrected chi connectivity index (χ1v) is 6.53. The van der Waals surface area contributed by atoms with E-state index in [-0.39, 0.29) is 0 Å². The Balaban J connectivity index is 2.18. The second-order valence-electron chi connectivity index (χ2n) is 4.48. The first-order valence-electron chi connectivity index (χ1n) is 5.74. The molecule has 2 rings (SSSR count). The van der Waals surface area contributed by atoms with E-state index < -0.39 is 0 Å². The summed E-state index contributed by atoms with van der Waals surface area (Å²) in [6.45, 7) is 4.37. The van der Waals surface area contributed by atoms with Crippen molar-refractivity contribution in [1.82, 2.24) is 5.32 Å². The molecule has 1 heterocycles. The minimum atomic E-state index is 0.767. The molecule has 0 spiro atoms. The summed E-state index contributed by atoms with van der Waals surface area (Å²) in [5.41, 5.74) is 2.54. The van der Waals surface area contributed by atoms with Crippen LogP contribution in [0.1, 0.15) is 17.5 Å². The lowest BCUT2D eigenvalue weighted by Crippen LogP contribution is -2.11. The average Bonchev–Trinajstić information content (AvgIpc) is 2.75. The van der Waals surface area contributed by atoms with Gasteiger partial charge in [0.25, 0.3) is 0 Å². The van der Waals surface area contributed by atoms with E-state index in [0.29, 0.717) is 0 Å². The van der Waals surface area contributed by atoms with E-state index in [9.17, 15) is 0 Å². The topological polar surface area (TPSA) is 21.3 Å². The van der Waals surface area contributed by atoms with Gasteiger partial charge in [-0.2, -0.15) is 0 Å². The van der Waals surface area contributed by atoms with Gasteiger partial charge in [0.1, 0.15) is 5.75 Å². The second-order valence-corrected chi connectivity index (χ2v) is 5.33. The van der Waals surface area contributed by atoms with Crippen molar-refractivity contribution in [2.75, 3.05) is 20.2 Å². The quantitative estimate of drug-likeness (QED) is 0.921. The molecular weight excluding hydrogens is 266 g/mol. The molecule has 1 aromatic carbocycles. The van der Waals surface area contributed by atoms with Crippen LogP contribution in [0.2, 0.25) is 0 Å². The summed E-state index contributed by atoms with van der Waals surface area (Å²) in [4.78, 5) is 0. The Kier molecular flexibility index (Phi) is 3.87. The fraction of sp³-hybridized carbons (Fsp3) is 0.538. The Morgan fingerprint density at radius 3 is 2.94 bits per heavy atom. The molecule has 16 heavy (non-hydrogen) atoms. The smallest absolute Gasteiger partial charge is 0.122 e. The summed E-state index contributed by atoms with van der Waals surface area (Å²) in [6.07, 6.45) is 2.41. The summed E-state index contributed by atoms with van der Waals surface area (Å²) in [5, 5.41) is 3.41. The lowest BCUT2D eigenvalue weighted by molar-refractivity contribution is 0.410. The van der Waals surface area contributed by atoms with Crippen LogP contribution in [-0.2, 0) is 6.42 Å². The number of aryl methyl sites for hydroxylation is 1. The molecule has 1 atom stereocenters. The van der Waals surface area contributed by atoms with Crippen LogP contribution in [0.15, 0.2) is 16.6 Å². The lowest BCUT2D eigenvalue weighted by Gasteiger charge is -2.13. The molecule has 1 aromatic rings. The van der Waals surface area contributed by atoms with Crippen LogP contribution in [0, 0.1) is 12.8 Å². The largest absolute Gasteiger partial charge is 0.496 e. The summed E-state index contributed by atoms with van der Waals surface area (Å²) in [7, 11) is 1.73. The van der Waals surface area contributed by atoms with Crippen molar-refractivity contribution < 1.29 is 4.74 Å². The zero-order valence-electron chi connectivity index (χ0n) is 9.85. The summed E-state index contributed by atoms with van der Waals surface area (Å²) >= 11 is 3.64. The Hall–Kier alpha value is -0.540. The first-order chi connectivity index (χ1) is 7.70. The third-order valence-corrected chi connectivity index (χ3v) is 3.97. The molecule has 0 aliphatic carbocycles. The van der Waals surface area contributed by atoms with Gasteiger partial charge in [-0.05, 0) is 62.0 Å². The third-order valence-electron chi connectivity index (χ3n) is 3.23. The number of ether oxygens (including phenoxy) is 1. The van der Waals surface area contributed by atoms with E-state index in [1.165, 1.54) is 22.0 Å². The molecule has 0 radical (unpaired) electrons. The zero-order valence-corrected chi connectivity index (χ0v) is 11.4.